The predicted octanol–water partition coefficient (Wildman–Crippen LogP) is 3.04. The highest BCUT2D eigenvalue weighted by Gasteiger charge is 2.21. The Morgan fingerprint density at radius 1 is 0.970 bits per heavy atom. The molecular formula is C24H24N2O6S. The van der Waals surface area contributed by atoms with E-state index in [1.807, 2.05) is 6.92 Å². The van der Waals surface area contributed by atoms with E-state index in [1.54, 1.807) is 60.7 Å². The largest absolute Gasteiger partial charge is 0.484 e. The van der Waals surface area contributed by atoms with Crippen LogP contribution in [0.25, 0.3) is 0 Å². The summed E-state index contributed by atoms with van der Waals surface area (Å²) < 4.78 is 37.4. The molecule has 0 aliphatic rings. The van der Waals surface area contributed by atoms with Gasteiger partial charge in [0.2, 0.25) is 0 Å². The van der Waals surface area contributed by atoms with Gasteiger partial charge in [-0.15, -0.1) is 0 Å². The number of rotatable bonds is 9. The molecule has 0 heterocycles. The van der Waals surface area contributed by atoms with Crippen LogP contribution < -0.4 is 14.8 Å². The molecule has 9 heteroatoms. The van der Waals surface area contributed by atoms with Crippen LogP contribution in [-0.2, 0) is 26.2 Å². The van der Waals surface area contributed by atoms with E-state index in [0.29, 0.717) is 17.0 Å². The van der Waals surface area contributed by atoms with Crippen molar-refractivity contribution >= 4 is 27.6 Å². The number of carbonyl (C=O) groups excluding carboxylic acids is 2. The van der Waals surface area contributed by atoms with Crippen LogP contribution in [0.4, 0.5) is 5.69 Å². The maximum Gasteiger partial charge on any atom is 0.338 e. The fraction of sp³-hybridized carbons (Fsp3) is 0.167. The summed E-state index contributed by atoms with van der Waals surface area (Å²) in [6, 6.07) is 19.4. The Kier molecular flexibility index (Phi) is 7.34. The van der Waals surface area contributed by atoms with E-state index in [2.05, 4.69) is 0 Å². The summed E-state index contributed by atoms with van der Waals surface area (Å²) in [5.74, 6) is -0.717. The molecule has 0 aliphatic heterocycles. The van der Waals surface area contributed by atoms with Crippen molar-refractivity contribution in [2.45, 2.75) is 18.4 Å². The molecule has 172 valence electrons. The third kappa shape index (κ3) is 6.11. The number of benzene rings is 3. The number of primary amides is 1. The average molecular weight is 469 g/mol. The zero-order chi connectivity index (χ0) is 24.0. The maximum atomic E-state index is 12.8. The number of hydrogen-bond donors (Lipinski definition) is 1. The van der Waals surface area contributed by atoms with Gasteiger partial charge in [-0.3, -0.25) is 9.10 Å². The van der Waals surface area contributed by atoms with Crippen LogP contribution in [0.2, 0.25) is 0 Å². The Balaban J connectivity index is 1.64. The highest BCUT2D eigenvalue weighted by molar-refractivity contribution is 7.92. The smallest absolute Gasteiger partial charge is 0.338 e. The van der Waals surface area contributed by atoms with Crippen molar-refractivity contribution in [1.82, 2.24) is 0 Å². The van der Waals surface area contributed by atoms with Crippen molar-refractivity contribution < 1.29 is 27.5 Å². The Labute approximate surface area is 192 Å². The lowest BCUT2D eigenvalue weighted by atomic mass is 10.2. The topological polar surface area (TPSA) is 116 Å². The van der Waals surface area contributed by atoms with Gasteiger partial charge < -0.3 is 15.2 Å². The molecular weight excluding hydrogens is 444 g/mol. The monoisotopic (exact) mass is 468 g/mol. The van der Waals surface area contributed by atoms with Crippen molar-refractivity contribution in [1.29, 1.82) is 0 Å². The first-order chi connectivity index (χ1) is 15.7. The van der Waals surface area contributed by atoms with Gasteiger partial charge in [0.05, 0.1) is 16.1 Å². The van der Waals surface area contributed by atoms with Crippen LogP contribution in [-0.4, -0.2) is 33.9 Å². The summed E-state index contributed by atoms with van der Waals surface area (Å²) in [6.45, 7) is 1.63. The zero-order valence-corrected chi connectivity index (χ0v) is 19.0. The van der Waals surface area contributed by atoms with Gasteiger partial charge >= 0.3 is 5.97 Å². The molecule has 0 spiro atoms. The summed E-state index contributed by atoms with van der Waals surface area (Å²) >= 11 is 0. The lowest BCUT2D eigenvalue weighted by molar-refractivity contribution is -0.119. The Morgan fingerprint density at radius 3 is 2.27 bits per heavy atom. The second-order valence-corrected chi connectivity index (χ2v) is 9.28. The number of esters is 1. The minimum atomic E-state index is -3.73. The van der Waals surface area contributed by atoms with Gasteiger partial charge in [0.15, 0.2) is 6.61 Å². The summed E-state index contributed by atoms with van der Waals surface area (Å²) in [7, 11) is -2.27. The molecule has 2 N–H and O–H groups in total. The molecule has 0 saturated carbocycles. The first-order valence-electron chi connectivity index (χ1n) is 9.99. The minimum absolute atomic E-state index is 0.00391. The number of carbonyl (C=O) groups is 2. The Hall–Kier alpha value is -3.85. The van der Waals surface area contributed by atoms with Crippen LogP contribution in [0.15, 0.2) is 77.7 Å². The first-order valence-corrected chi connectivity index (χ1v) is 11.4. The van der Waals surface area contributed by atoms with Crippen LogP contribution in [0.1, 0.15) is 21.5 Å². The molecule has 0 aliphatic carbocycles. The number of aryl methyl sites for hydroxylation is 1. The fourth-order valence-corrected chi connectivity index (χ4v) is 4.12. The maximum absolute atomic E-state index is 12.8. The number of nitrogens with two attached hydrogens (primary N) is 1. The highest BCUT2D eigenvalue weighted by atomic mass is 32.2. The van der Waals surface area contributed by atoms with E-state index in [1.165, 1.54) is 19.2 Å². The van der Waals surface area contributed by atoms with Gasteiger partial charge in [0.25, 0.3) is 15.9 Å². The standard InChI is InChI=1S/C24H24N2O6S/c1-17-6-12-22(13-7-17)33(29,30)26(2)20-10-8-19(9-11-20)24(28)32-15-18-4-3-5-21(14-18)31-16-23(25)27/h3-14H,15-16H2,1-2H3,(H2,25,27). The van der Waals surface area contributed by atoms with Gasteiger partial charge in [-0.1, -0.05) is 29.8 Å². The summed E-state index contributed by atoms with van der Waals surface area (Å²) in [6.07, 6.45) is 0. The first kappa shape index (κ1) is 23.8. The van der Waals surface area contributed by atoms with Crippen molar-refractivity contribution in [3.05, 3.63) is 89.5 Å². The normalized spacial score (nSPS) is 11.0. The Bertz CT molecular complexity index is 1240. The quantitative estimate of drug-likeness (QED) is 0.483. The van der Waals surface area contributed by atoms with E-state index >= 15 is 0 Å². The zero-order valence-electron chi connectivity index (χ0n) is 18.2. The number of hydrogen-bond acceptors (Lipinski definition) is 6. The van der Waals surface area contributed by atoms with Crippen LogP contribution in [0, 0.1) is 6.92 Å². The third-order valence-corrected chi connectivity index (χ3v) is 6.60. The second kappa shape index (κ2) is 10.2. The molecule has 0 aromatic heterocycles. The molecule has 0 unspecified atom stereocenters. The SMILES string of the molecule is Cc1ccc(S(=O)(=O)N(C)c2ccc(C(=O)OCc3cccc(OCC(N)=O)c3)cc2)cc1. The molecule has 0 fully saturated rings. The fourth-order valence-electron chi connectivity index (χ4n) is 2.93. The molecule has 8 nitrogen and oxygen atoms in total. The van der Waals surface area contributed by atoms with Gasteiger partial charge in [0, 0.05) is 7.05 Å². The van der Waals surface area contributed by atoms with Crippen LogP contribution >= 0.6 is 0 Å². The number of nitrogens with zero attached hydrogens (tertiary/aromatic N) is 1. The van der Waals surface area contributed by atoms with Gasteiger partial charge in [-0.05, 0) is 61.0 Å². The highest BCUT2D eigenvalue weighted by Crippen LogP contribution is 2.23. The van der Waals surface area contributed by atoms with Gasteiger partial charge in [-0.2, -0.15) is 0 Å². The summed E-state index contributed by atoms with van der Waals surface area (Å²) in [4.78, 5) is 23.4. The van der Waals surface area contributed by atoms with Crippen LogP contribution in [0.3, 0.4) is 0 Å². The molecule has 0 radical (unpaired) electrons. The lowest BCUT2D eigenvalue weighted by Crippen LogP contribution is -2.26. The molecule has 3 aromatic carbocycles. The molecule has 0 saturated heterocycles. The lowest BCUT2D eigenvalue weighted by Gasteiger charge is -2.20. The molecule has 0 atom stereocenters. The minimum Gasteiger partial charge on any atom is -0.484 e. The van der Waals surface area contributed by atoms with E-state index in [9.17, 15) is 18.0 Å². The molecule has 0 bridgehead atoms. The predicted molar refractivity (Wildman–Crippen MR) is 123 cm³/mol. The average Bonchev–Trinajstić information content (AvgIpc) is 2.81. The van der Waals surface area contributed by atoms with E-state index < -0.39 is 21.9 Å². The van der Waals surface area contributed by atoms with Crippen LogP contribution in [0.5, 0.6) is 5.75 Å². The van der Waals surface area contributed by atoms with Gasteiger partial charge in [-0.25, -0.2) is 13.2 Å². The molecule has 3 aromatic rings. The van der Waals surface area contributed by atoms with E-state index in [4.69, 9.17) is 15.2 Å². The molecule has 1 amide bonds. The van der Waals surface area contributed by atoms with E-state index in [-0.39, 0.29) is 23.7 Å². The summed E-state index contributed by atoms with van der Waals surface area (Å²) in [5.41, 5.74) is 7.38. The molecule has 33 heavy (non-hydrogen) atoms. The summed E-state index contributed by atoms with van der Waals surface area (Å²) in [5, 5.41) is 0. The van der Waals surface area contributed by atoms with E-state index in [0.717, 1.165) is 9.87 Å². The third-order valence-electron chi connectivity index (χ3n) is 4.80. The molecule has 3 rings (SSSR count). The Morgan fingerprint density at radius 2 is 1.64 bits per heavy atom. The second-order valence-electron chi connectivity index (χ2n) is 7.31. The van der Waals surface area contributed by atoms with Crippen molar-refractivity contribution in [2.75, 3.05) is 18.0 Å². The van der Waals surface area contributed by atoms with Crippen molar-refractivity contribution in [3.8, 4) is 5.75 Å². The number of ether oxygens (including phenoxy) is 2. The number of amides is 1. The van der Waals surface area contributed by atoms with Gasteiger partial charge in [0.1, 0.15) is 12.4 Å². The van der Waals surface area contributed by atoms with Crippen molar-refractivity contribution in [2.24, 2.45) is 5.73 Å². The number of anilines is 1. The number of sulfonamides is 1. The van der Waals surface area contributed by atoms with Crippen molar-refractivity contribution in [3.63, 3.8) is 0 Å².